The average molecular weight is 372 g/mol. The first-order valence-electron chi connectivity index (χ1n) is 9.16. The molecule has 0 unspecified atom stereocenters. The summed E-state index contributed by atoms with van der Waals surface area (Å²) in [5, 5.41) is 0.725. The van der Waals surface area contributed by atoms with Gasteiger partial charge < -0.3 is 19.8 Å². The van der Waals surface area contributed by atoms with Crippen LogP contribution >= 0.6 is 0 Å². The van der Waals surface area contributed by atoms with Crippen LogP contribution in [-0.2, 0) is 16.0 Å². The van der Waals surface area contributed by atoms with Gasteiger partial charge in [-0.15, -0.1) is 0 Å². The Bertz CT molecular complexity index is 926. The lowest BCUT2D eigenvalue weighted by atomic mass is 9.96. The third-order valence-corrected chi connectivity index (χ3v) is 5.02. The number of benzene rings is 1. The third-order valence-electron chi connectivity index (χ3n) is 5.02. The lowest BCUT2D eigenvalue weighted by Crippen LogP contribution is -2.43. The fourth-order valence-corrected chi connectivity index (χ4v) is 3.51. The van der Waals surface area contributed by atoms with Gasteiger partial charge in [0.1, 0.15) is 11.3 Å². The number of carbonyl (C=O) groups is 2. The van der Waals surface area contributed by atoms with Crippen LogP contribution in [0.2, 0.25) is 0 Å². The van der Waals surface area contributed by atoms with Crippen molar-refractivity contribution >= 4 is 22.8 Å². The zero-order chi connectivity index (χ0) is 19.6. The molecule has 1 aliphatic rings. The molecule has 1 saturated heterocycles. The summed E-state index contributed by atoms with van der Waals surface area (Å²) in [7, 11) is 0. The number of amides is 2. The molecule has 1 aromatic carbocycles. The Morgan fingerprint density at radius 1 is 1.26 bits per heavy atom. The topological polar surface area (TPSA) is 103 Å². The predicted octanol–water partition coefficient (Wildman–Crippen LogP) is 1.77. The number of primary amides is 1. The Morgan fingerprint density at radius 3 is 2.59 bits per heavy atom. The highest BCUT2D eigenvalue weighted by molar-refractivity contribution is 5.88. The largest absolute Gasteiger partial charge is 0.483 e. The van der Waals surface area contributed by atoms with Crippen LogP contribution in [0.25, 0.3) is 11.0 Å². The molecule has 0 bridgehead atoms. The van der Waals surface area contributed by atoms with Crippen molar-refractivity contribution < 1.29 is 18.7 Å². The minimum atomic E-state index is -0.399. The highest BCUT2D eigenvalue weighted by Crippen LogP contribution is 2.30. The Balaban J connectivity index is 1.76. The van der Waals surface area contributed by atoms with Gasteiger partial charge in [0.05, 0.1) is 5.39 Å². The number of carbonyl (C=O) groups excluding carboxylic acids is 2. The molecule has 0 aliphatic carbocycles. The first-order chi connectivity index (χ1) is 12.9. The molecule has 0 spiro atoms. The molecule has 2 N–H and O–H groups in total. The van der Waals surface area contributed by atoms with E-state index in [0.29, 0.717) is 43.7 Å². The minimum absolute atomic E-state index is 0.109. The van der Waals surface area contributed by atoms with Gasteiger partial charge in [0, 0.05) is 25.1 Å². The quantitative estimate of drug-likeness (QED) is 0.806. The molecular weight excluding hydrogens is 348 g/mol. The number of nitrogens with two attached hydrogens (primary N) is 1. The summed E-state index contributed by atoms with van der Waals surface area (Å²) in [6.45, 7) is 4.72. The molecule has 0 saturated carbocycles. The van der Waals surface area contributed by atoms with E-state index in [1.165, 1.54) is 6.07 Å². The van der Waals surface area contributed by atoms with Crippen molar-refractivity contribution in [1.82, 2.24) is 4.90 Å². The number of nitrogens with zero attached hydrogens (tertiary/aromatic N) is 1. The molecule has 0 radical (unpaired) electrons. The van der Waals surface area contributed by atoms with Gasteiger partial charge in [-0.3, -0.25) is 9.59 Å². The highest BCUT2D eigenvalue weighted by Gasteiger charge is 2.26. The molecule has 2 amide bonds. The maximum atomic E-state index is 12.5. The summed E-state index contributed by atoms with van der Waals surface area (Å²) >= 11 is 0. The highest BCUT2D eigenvalue weighted by atomic mass is 16.5. The summed E-state index contributed by atoms with van der Waals surface area (Å²) < 4.78 is 11.1. The molecule has 2 heterocycles. The molecule has 1 aromatic heterocycles. The van der Waals surface area contributed by atoms with Gasteiger partial charge in [0.15, 0.2) is 6.61 Å². The number of hydrogen-bond donors (Lipinski definition) is 1. The summed E-state index contributed by atoms with van der Waals surface area (Å²) in [5.41, 5.74) is 7.10. The Labute approximate surface area is 157 Å². The van der Waals surface area contributed by atoms with Crippen LogP contribution in [-0.4, -0.2) is 36.4 Å². The minimum Gasteiger partial charge on any atom is -0.483 e. The number of hydrogen-bond acceptors (Lipinski definition) is 5. The molecule has 1 aliphatic heterocycles. The molecule has 144 valence electrons. The first kappa shape index (κ1) is 18.9. The van der Waals surface area contributed by atoms with E-state index < -0.39 is 5.63 Å². The van der Waals surface area contributed by atoms with Crippen molar-refractivity contribution in [2.75, 3.05) is 19.7 Å². The van der Waals surface area contributed by atoms with E-state index in [1.54, 1.807) is 11.0 Å². The predicted molar refractivity (Wildman–Crippen MR) is 101 cm³/mol. The lowest BCUT2D eigenvalue weighted by molar-refractivity contribution is -0.136. The fraction of sp³-hybridized carbons (Fsp3) is 0.450. The van der Waals surface area contributed by atoms with Gasteiger partial charge in [-0.2, -0.15) is 0 Å². The van der Waals surface area contributed by atoms with E-state index in [2.05, 4.69) is 0 Å². The van der Waals surface area contributed by atoms with Crippen molar-refractivity contribution in [3.8, 4) is 5.75 Å². The summed E-state index contributed by atoms with van der Waals surface area (Å²) in [5.74, 6) is -0.0714. The number of likely N-dealkylation sites (tertiary alicyclic amines) is 1. The molecule has 1 fully saturated rings. The smallest absolute Gasteiger partial charge is 0.336 e. The van der Waals surface area contributed by atoms with E-state index in [1.807, 2.05) is 19.9 Å². The van der Waals surface area contributed by atoms with Crippen LogP contribution in [0.5, 0.6) is 5.75 Å². The standard InChI is InChI=1S/C20H24N2O5/c1-3-13-10-18(24)27-16-9-12(2)8-15(19(13)16)26-11-17(23)22-6-4-14(5-7-22)20(21)25/h8-10,14H,3-7,11H2,1-2H3,(H2,21,25). The third kappa shape index (κ3) is 4.13. The van der Waals surface area contributed by atoms with Gasteiger partial charge in [-0.1, -0.05) is 6.92 Å². The van der Waals surface area contributed by atoms with Crippen molar-refractivity contribution in [3.05, 3.63) is 39.7 Å². The Hall–Kier alpha value is -2.83. The van der Waals surface area contributed by atoms with Crippen molar-refractivity contribution in [3.63, 3.8) is 0 Å². The molecule has 0 atom stereocenters. The van der Waals surface area contributed by atoms with Crippen molar-refractivity contribution in [2.45, 2.75) is 33.1 Å². The number of ether oxygens (including phenoxy) is 1. The zero-order valence-corrected chi connectivity index (χ0v) is 15.6. The van der Waals surface area contributed by atoms with Crippen LogP contribution in [0, 0.1) is 12.8 Å². The van der Waals surface area contributed by atoms with E-state index in [-0.39, 0.29) is 24.3 Å². The van der Waals surface area contributed by atoms with E-state index in [9.17, 15) is 14.4 Å². The van der Waals surface area contributed by atoms with E-state index >= 15 is 0 Å². The van der Waals surface area contributed by atoms with Crippen molar-refractivity contribution in [1.29, 1.82) is 0 Å². The number of rotatable bonds is 5. The Kier molecular flexibility index (Phi) is 5.48. The SMILES string of the molecule is CCc1cc(=O)oc2cc(C)cc(OCC(=O)N3CCC(C(N)=O)CC3)c12. The maximum Gasteiger partial charge on any atom is 0.336 e. The number of piperidine rings is 1. The van der Waals surface area contributed by atoms with Gasteiger partial charge in [0.2, 0.25) is 5.91 Å². The summed E-state index contributed by atoms with van der Waals surface area (Å²) in [6, 6.07) is 5.09. The molecule has 7 nitrogen and oxygen atoms in total. The van der Waals surface area contributed by atoms with Gasteiger partial charge >= 0.3 is 5.63 Å². The summed E-state index contributed by atoms with van der Waals surface area (Å²) in [4.78, 5) is 37.2. The second-order valence-electron chi connectivity index (χ2n) is 6.93. The molecule has 7 heteroatoms. The van der Waals surface area contributed by atoms with Gasteiger partial charge in [0.25, 0.3) is 5.91 Å². The van der Waals surface area contributed by atoms with Crippen LogP contribution in [0.3, 0.4) is 0 Å². The molecular formula is C20H24N2O5. The second-order valence-corrected chi connectivity index (χ2v) is 6.93. The molecule has 27 heavy (non-hydrogen) atoms. The lowest BCUT2D eigenvalue weighted by Gasteiger charge is -2.30. The van der Waals surface area contributed by atoms with Gasteiger partial charge in [-0.25, -0.2) is 4.79 Å². The molecule has 2 aromatic rings. The first-order valence-corrected chi connectivity index (χ1v) is 9.16. The van der Waals surface area contributed by atoms with Crippen LogP contribution in [0.4, 0.5) is 0 Å². The zero-order valence-electron chi connectivity index (χ0n) is 15.6. The van der Waals surface area contributed by atoms with Gasteiger partial charge in [-0.05, 0) is 49.4 Å². The van der Waals surface area contributed by atoms with Crippen LogP contribution < -0.4 is 16.1 Å². The Morgan fingerprint density at radius 2 is 1.96 bits per heavy atom. The van der Waals surface area contributed by atoms with Crippen LogP contribution in [0.15, 0.2) is 27.4 Å². The number of fused-ring (bicyclic) bond motifs is 1. The van der Waals surface area contributed by atoms with E-state index in [4.69, 9.17) is 14.9 Å². The fourth-order valence-electron chi connectivity index (χ4n) is 3.51. The van der Waals surface area contributed by atoms with E-state index in [0.717, 1.165) is 16.5 Å². The maximum absolute atomic E-state index is 12.5. The normalized spacial score (nSPS) is 15.1. The molecule has 3 rings (SSSR count). The number of aryl methyl sites for hydroxylation is 2. The summed E-state index contributed by atoms with van der Waals surface area (Å²) in [6.07, 6.45) is 1.81. The van der Waals surface area contributed by atoms with Crippen molar-refractivity contribution in [2.24, 2.45) is 11.7 Å². The monoisotopic (exact) mass is 372 g/mol. The average Bonchev–Trinajstić information content (AvgIpc) is 2.64. The van der Waals surface area contributed by atoms with Crippen LogP contribution in [0.1, 0.15) is 30.9 Å². The second kappa shape index (κ2) is 7.82.